The van der Waals surface area contributed by atoms with Crippen molar-refractivity contribution in [2.24, 2.45) is 0 Å². The van der Waals surface area contributed by atoms with Crippen LogP contribution in [-0.4, -0.2) is 42.1 Å². The maximum absolute atomic E-state index is 11.7. The quantitative estimate of drug-likeness (QED) is 0.690. The molecule has 1 aromatic carbocycles. The van der Waals surface area contributed by atoms with E-state index in [1.54, 1.807) is 7.05 Å². The molecule has 0 aliphatic heterocycles. The summed E-state index contributed by atoms with van der Waals surface area (Å²) in [6.07, 6.45) is 1.91. The fourth-order valence-corrected chi connectivity index (χ4v) is 1.94. The minimum atomic E-state index is -0.891. The number of rotatable bonds is 9. The van der Waals surface area contributed by atoms with Gasteiger partial charge in [-0.05, 0) is 37.1 Å². The van der Waals surface area contributed by atoms with Crippen molar-refractivity contribution in [1.29, 1.82) is 0 Å². The Labute approximate surface area is 133 Å². The van der Waals surface area contributed by atoms with Crippen LogP contribution in [0.2, 0.25) is 0 Å². The average Bonchev–Trinajstić information content (AvgIpc) is 2.46. The van der Waals surface area contributed by atoms with Gasteiger partial charge in [-0.1, -0.05) is 15.9 Å². The Morgan fingerprint density at radius 2 is 1.86 bits per heavy atom. The highest BCUT2D eigenvalue weighted by atomic mass is 79.9. The predicted molar refractivity (Wildman–Crippen MR) is 83.4 cm³/mol. The van der Waals surface area contributed by atoms with Gasteiger partial charge >= 0.3 is 5.97 Å². The average molecular weight is 358 g/mol. The van der Waals surface area contributed by atoms with Crippen molar-refractivity contribution in [3.63, 3.8) is 0 Å². The first-order valence-corrected chi connectivity index (χ1v) is 7.62. The topological polar surface area (TPSA) is 66.8 Å². The van der Waals surface area contributed by atoms with Crippen molar-refractivity contribution in [1.82, 2.24) is 4.90 Å². The van der Waals surface area contributed by atoms with E-state index in [1.165, 1.54) is 4.90 Å². The van der Waals surface area contributed by atoms with Crippen molar-refractivity contribution >= 4 is 27.8 Å². The number of carbonyl (C=O) groups is 2. The third kappa shape index (κ3) is 7.70. The number of hydrogen-bond donors (Lipinski definition) is 1. The number of amides is 1. The molecule has 1 rings (SSSR count). The monoisotopic (exact) mass is 357 g/mol. The van der Waals surface area contributed by atoms with Crippen LogP contribution in [0.3, 0.4) is 0 Å². The number of hydrogen-bond acceptors (Lipinski definition) is 3. The van der Waals surface area contributed by atoms with E-state index in [0.717, 1.165) is 23.1 Å². The van der Waals surface area contributed by atoms with Crippen LogP contribution >= 0.6 is 15.9 Å². The van der Waals surface area contributed by atoms with Crippen molar-refractivity contribution in [3.05, 3.63) is 28.7 Å². The molecule has 1 N–H and O–H groups in total. The van der Waals surface area contributed by atoms with Gasteiger partial charge in [0.25, 0.3) is 0 Å². The Bertz CT molecular complexity index is 461. The number of carboxylic acid groups (broad SMARTS) is 1. The predicted octanol–water partition coefficient (Wildman–Crippen LogP) is 2.93. The molecule has 5 nitrogen and oxygen atoms in total. The van der Waals surface area contributed by atoms with E-state index < -0.39 is 5.97 Å². The van der Waals surface area contributed by atoms with Crippen molar-refractivity contribution in [3.8, 4) is 5.75 Å². The summed E-state index contributed by atoms with van der Waals surface area (Å²) in [6, 6.07) is 7.59. The van der Waals surface area contributed by atoms with Gasteiger partial charge in [0.2, 0.25) is 5.91 Å². The van der Waals surface area contributed by atoms with Gasteiger partial charge in [-0.3, -0.25) is 9.59 Å². The van der Waals surface area contributed by atoms with E-state index in [1.807, 2.05) is 24.3 Å². The Morgan fingerprint density at radius 1 is 1.19 bits per heavy atom. The number of unbranched alkanes of at least 4 members (excludes halogenated alkanes) is 1. The van der Waals surface area contributed by atoms with Gasteiger partial charge in [-0.25, -0.2) is 0 Å². The first-order valence-electron chi connectivity index (χ1n) is 6.83. The molecule has 0 unspecified atom stereocenters. The molecular weight excluding hydrogens is 338 g/mol. The fraction of sp³-hybridized carbons (Fsp3) is 0.467. The molecular formula is C15H20BrNO4. The molecule has 6 heteroatoms. The Kier molecular flexibility index (Phi) is 7.82. The van der Waals surface area contributed by atoms with Gasteiger partial charge in [0.05, 0.1) is 13.0 Å². The summed E-state index contributed by atoms with van der Waals surface area (Å²) in [4.78, 5) is 23.6. The molecule has 0 heterocycles. The zero-order valence-corrected chi connectivity index (χ0v) is 13.6. The molecule has 0 saturated carbocycles. The molecule has 0 bridgehead atoms. The van der Waals surface area contributed by atoms with Gasteiger partial charge in [-0.15, -0.1) is 0 Å². The summed E-state index contributed by atoms with van der Waals surface area (Å²) in [6.45, 7) is 0.817. The first-order chi connectivity index (χ1) is 9.99. The van der Waals surface area contributed by atoms with Crippen molar-refractivity contribution in [2.45, 2.75) is 25.7 Å². The molecule has 0 radical (unpaired) electrons. The molecule has 1 aromatic rings. The maximum atomic E-state index is 11.7. The second-order valence-electron chi connectivity index (χ2n) is 4.72. The molecule has 0 spiro atoms. The number of halogens is 1. The van der Waals surface area contributed by atoms with E-state index in [0.29, 0.717) is 13.0 Å². The fourth-order valence-electron chi connectivity index (χ4n) is 1.68. The van der Waals surface area contributed by atoms with Gasteiger partial charge < -0.3 is 14.7 Å². The van der Waals surface area contributed by atoms with Crippen LogP contribution in [0, 0.1) is 0 Å². The standard InChI is InChI=1S/C15H20BrNO4/c1-17(10-9-15(19)20)14(18)4-2-3-11-21-13-7-5-12(16)6-8-13/h5-8H,2-4,9-11H2,1H3,(H,19,20). The zero-order chi connectivity index (χ0) is 15.7. The summed E-state index contributed by atoms with van der Waals surface area (Å²) in [5.41, 5.74) is 0. The Morgan fingerprint density at radius 3 is 2.48 bits per heavy atom. The molecule has 21 heavy (non-hydrogen) atoms. The maximum Gasteiger partial charge on any atom is 0.305 e. The van der Waals surface area contributed by atoms with Crippen molar-refractivity contribution < 1.29 is 19.4 Å². The van der Waals surface area contributed by atoms with Gasteiger partial charge in [-0.2, -0.15) is 0 Å². The summed E-state index contributed by atoms with van der Waals surface area (Å²) in [5.74, 6) is -0.111. The van der Waals surface area contributed by atoms with Crippen LogP contribution in [0.25, 0.3) is 0 Å². The minimum Gasteiger partial charge on any atom is -0.494 e. The van der Waals surface area contributed by atoms with E-state index in [4.69, 9.17) is 9.84 Å². The number of benzene rings is 1. The van der Waals surface area contributed by atoms with E-state index in [9.17, 15) is 9.59 Å². The lowest BCUT2D eigenvalue weighted by molar-refractivity contribution is -0.138. The third-order valence-corrected chi connectivity index (χ3v) is 3.48. The molecule has 0 fully saturated rings. The van der Waals surface area contributed by atoms with Crippen LogP contribution in [-0.2, 0) is 9.59 Å². The van der Waals surface area contributed by atoms with E-state index >= 15 is 0 Å². The number of ether oxygens (including phenoxy) is 1. The third-order valence-electron chi connectivity index (χ3n) is 2.95. The molecule has 116 valence electrons. The normalized spacial score (nSPS) is 10.2. The lowest BCUT2D eigenvalue weighted by Gasteiger charge is -2.15. The molecule has 0 atom stereocenters. The lowest BCUT2D eigenvalue weighted by atomic mass is 10.2. The summed E-state index contributed by atoms with van der Waals surface area (Å²) >= 11 is 3.36. The lowest BCUT2D eigenvalue weighted by Crippen LogP contribution is -2.28. The first kappa shape index (κ1) is 17.5. The number of aliphatic carboxylic acids is 1. The van der Waals surface area contributed by atoms with Crippen LogP contribution in [0.5, 0.6) is 5.75 Å². The van der Waals surface area contributed by atoms with Crippen LogP contribution < -0.4 is 4.74 Å². The molecule has 0 aromatic heterocycles. The SMILES string of the molecule is CN(CCC(=O)O)C(=O)CCCCOc1ccc(Br)cc1. The molecule has 0 aliphatic rings. The zero-order valence-electron chi connectivity index (χ0n) is 12.0. The van der Waals surface area contributed by atoms with Gasteiger partial charge in [0, 0.05) is 24.5 Å². The van der Waals surface area contributed by atoms with E-state index in [2.05, 4.69) is 15.9 Å². The second kappa shape index (κ2) is 9.39. The summed E-state index contributed by atoms with van der Waals surface area (Å²) < 4.78 is 6.56. The molecule has 0 saturated heterocycles. The largest absolute Gasteiger partial charge is 0.494 e. The smallest absolute Gasteiger partial charge is 0.305 e. The van der Waals surface area contributed by atoms with E-state index in [-0.39, 0.29) is 18.9 Å². The van der Waals surface area contributed by atoms with Crippen LogP contribution in [0.1, 0.15) is 25.7 Å². The molecule has 0 aliphatic carbocycles. The Balaban J connectivity index is 2.11. The number of nitrogens with zero attached hydrogens (tertiary/aromatic N) is 1. The Hall–Kier alpha value is -1.56. The number of carboxylic acids is 1. The van der Waals surface area contributed by atoms with Crippen LogP contribution in [0.4, 0.5) is 0 Å². The van der Waals surface area contributed by atoms with Crippen molar-refractivity contribution in [2.75, 3.05) is 20.2 Å². The second-order valence-corrected chi connectivity index (χ2v) is 5.63. The minimum absolute atomic E-state index is 0.0189. The van der Waals surface area contributed by atoms with Gasteiger partial charge in [0.1, 0.15) is 5.75 Å². The number of carbonyl (C=O) groups excluding carboxylic acids is 1. The highest BCUT2D eigenvalue weighted by molar-refractivity contribution is 9.10. The summed E-state index contributed by atoms with van der Waals surface area (Å²) in [7, 11) is 1.63. The molecule has 1 amide bonds. The van der Waals surface area contributed by atoms with Gasteiger partial charge in [0.15, 0.2) is 0 Å². The highest BCUT2D eigenvalue weighted by Crippen LogP contribution is 2.16. The van der Waals surface area contributed by atoms with Crippen LogP contribution in [0.15, 0.2) is 28.7 Å². The summed E-state index contributed by atoms with van der Waals surface area (Å²) in [5, 5.41) is 8.56. The highest BCUT2D eigenvalue weighted by Gasteiger charge is 2.09.